The minimum atomic E-state index is -2.02. The van der Waals surface area contributed by atoms with Crippen LogP contribution in [0.2, 0.25) is 0 Å². The Hall–Kier alpha value is -11.9. The van der Waals surface area contributed by atoms with Crippen molar-refractivity contribution < 1.29 is 92.0 Å². The maximum atomic E-state index is 15.1. The monoisotopic (exact) mass is 1830 g/mol. The number of aromatic nitrogens is 2. The minimum Gasteiger partial charge on any atom is -0.508 e. The lowest BCUT2D eigenvalue weighted by atomic mass is 9.97. The molecule has 1 saturated heterocycles. The molecule has 14 atom stereocenters. The molecule has 0 aliphatic carbocycles. The highest BCUT2D eigenvalue weighted by Crippen LogP contribution is 2.25. The first-order valence-electron chi connectivity index (χ1n) is 39.8. The molecule has 4 rings (SSSR count). The molecule has 46 nitrogen and oxygen atoms in total. The lowest BCUT2D eigenvalue weighted by Gasteiger charge is -2.29. The number of benzene rings is 2. The molecular weight excluding hydrogens is 1710 g/mol. The van der Waals surface area contributed by atoms with Gasteiger partial charge in [-0.3, -0.25) is 92.9 Å². The molecule has 690 valence electrons. The number of rotatable bonds is 36. The first-order chi connectivity index (χ1) is 59.4. The van der Waals surface area contributed by atoms with Crippen molar-refractivity contribution in [3.05, 3.63) is 83.9 Å². The number of nitrogens with zero attached hydrogens (tertiary/aromatic N) is 1. The number of carbonyl (C=O) groups is 16. The third kappa shape index (κ3) is 40.5. The summed E-state index contributed by atoms with van der Waals surface area (Å²) in [4.78, 5) is 235. The molecule has 0 radical (unpaired) electrons. The number of carboxylic acid groups (broad SMARTS) is 1. The number of phenols is 1. The van der Waals surface area contributed by atoms with Crippen LogP contribution in [0.15, 0.2) is 67.1 Å². The Morgan fingerprint density at radius 1 is 0.560 bits per heavy atom. The number of aliphatic hydroxyl groups is 1. The number of imidazole rings is 1. The molecule has 0 bridgehead atoms. The summed E-state index contributed by atoms with van der Waals surface area (Å²) >= 11 is 2.59. The van der Waals surface area contributed by atoms with Gasteiger partial charge in [0.1, 0.15) is 78.3 Å². The average Bonchev–Trinajstić information content (AvgIpc) is 1.65. The maximum absolute atomic E-state index is 15.1. The van der Waals surface area contributed by atoms with Gasteiger partial charge in [-0.15, -0.1) is 0 Å². The zero-order valence-electron chi connectivity index (χ0n) is 69.5. The number of aliphatic carboxylic acids is 1. The van der Waals surface area contributed by atoms with Crippen LogP contribution in [0.25, 0.3) is 0 Å². The largest absolute Gasteiger partial charge is 0.508 e. The van der Waals surface area contributed by atoms with Crippen molar-refractivity contribution in [1.29, 1.82) is 16.2 Å². The van der Waals surface area contributed by atoms with Crippen molar-refractivity contribution in [3.63, 3.8) is 0 Å². The number of phenolic OH excluding ortho intramolecular Hbond substituents is 1. The summed E-state index contributed by atoms with van der Waals surface area (Å²) in [5, 5.41) is 96.9. The number of thioether (sulfide) groups is 2. The quantitative estimate of drug-likeness (QED) is 0.0111. The molecule has 50 heteroatoms. The van der Waals surface area contributed by atoms with Crippen molar-refractivity contribution in [2.24, 2.45) is 34.6 Å². The molecule has 0 saturated carbocycles. The fourth-order valence-corrected chi connectivity index (χ4v) is 15.2. The molecule has 2 aromatic carbocycles. The number of carbonyl (C=O) groups excluding carboxylic acids is 15. The van der Waals surface area contributed by atoms with Crippen LogP contribution < -0.4 is 119 Å². The van der Waals surface area contributed by atoms with E-state index in [9.17, 15) is 87.2 Å². The summed E-state index contributed by atoms with van der Waals surface area (Å²) in [6, 6.07) is -7.73. The second-order valence-electron chi connectivity index (χ2n) is 28.8. The van der Waals surface area contributed by atoms with Crippen LogP contribution in [0.4, 0.5) is 0 Å². The van der Waals surface area contributed by atoms with E-state index in [-0.39, 0.29) is 120 Å². The summed E-state index contributed by atoms with van der Waals surface area (Å²) in [5.74, 6) is -20.3. The number of aromatic amines is 1. The van der Waals surface area contributed by atoms with Crippen LogP contribution in [0.3, 0.4) is 0 Å². The highest BCUT2D eigenvalue weighted by Gasteiger charge is 2.39. The van der Waals surface area contributed by atoms with Crippen LogP contribution in [0, 0.1) is 22.1 Å². The number of primary amides is 1. The highest BCUT2D eigenvalue weighted by molar-refractivity contribution is 8.76. The molecule has 34 N–H and O–H groups in total. The van der Waals surface area contributed by atoms with Gasteiger partial charge in [-0.05, 0) is 105 Å². The third-order valence-electron chi connectivity index (χ3n) is 18.9. The predicted molar refractivity (Wildman–Crippen MR) is 468 cm³/mol. The SMILES string of the molecule is CC[C@H](C)[C@@H]1NC(=O)[C@H](CCCNC(=N)N)NC(=O)[C@H](CC(=O)O)NC(=O)[C@H](CCSC)NC(=O)[C@H](CCCNC(=N)N)NC(=O)CNC(=O)CNC(=O)[C@H](Cc2ccccc2)NC(=O)[C@H](Cc2c[nH]cn2)NC(=O)[C@@H](NC(=O)[C@@H](N)CCSC)CSSC[C@@H](C(=O)N[C@@H](Cc2ccc(O)cc2)C(=O)N[C@@H](CCCNC(=N)N)C(N)=O)NC(=O)[C@H](CO)NC1=O. The van der Waals surface area contributed by atoms with E-state index < -0.39 is 229 Å². The van der Waals surface area contributed by atoms with E-state index in [1.165, 1.54) is 67.2 Å². The van der Waals surface area contributed by atoms with E-state index in [4.69, 9.17) is 44.9 Å². The molecule has 15 amide bonds. The standard InChI is InChI=1S/C75H117N27O19S4/c1-5-39(2)59-72(121)99-53(35-103)69(118)101-55(71(120)96-50(29-41-17-19-43(104)20-18-41)66(115)92-45(60(77)109)14-9-23-85-73(78)79)37-125-124-36-54(100-61(110)44(76)21-26-122-3)70(119)97-51(30-42-32-84-38-90-42)67(116)95-49(28-40-12-7-6-8-13-40)62(111)89-33-56(105)88-34-57(106)91-46(15-10-24-86-74(80)81)63(112)94-48(22-27-123-4)64(113)98-52(31-58(107)108)68(117)93-47(65(114)102-59)16-11-25-87-75(82)83/h6-8,12-13,17-20,32,38-39,44-55,59,103-104H,5,9-11,14-16,21-31,33-37,76H2,1-4H3,(H2,77,109)(H,84,90)(H,88,105)(H,89,111)(H,91,106)(H,92,115)(H,93,117)(H,94,112)(H,95,116)(H,96,120)(H,97,119)(H,98,113)(H,99,121)(H,100,110)(H,101,118)(H,102,114)(H,107,108)(H4,78,79,85)(H4,80,81,86)(H4,82,83,87)/t39-,44-,45-,46-,47-,48-,49-,50-,51-,52-,53-,54-,55-,59-/m0/s1. The molecule has 125 heavy (non-hydrogen) atoms. The van der Waals surface area contributed by atoms with Gasteiger partial charge in [0.05, 0.1) is 44.2 Å². The normalized spacial score (nSPS) is 21.6. The number of hydrogen-bond acceptors (Lipinski definition) is 27. The van der Waals surface area contributed by atoms with Crippen LogP contribution in [0.1, 0.15) is 94.9 Å². The fraction of sp³-hybridized carbons (Fsp3) is 0.547. The Labute approximate surface area is 737 Å². The van der Waals surface area contributed by atoms with Gasteiger partial charge in [0.2, 0.25) is 88.6 Å². The zero-order valence-corrected chi connectivity index (χ0v) is 72.8. The van der Waals surface area contributed by atoms with Crippen LogP contribution >= 0.6 is 45.1 Å². The Balaban J connectivity index is 1.96. The molecule has 1 aliphatic heterocycles. The van der Waals surface area contributed by atoms with E-state index in [0.29, 0.717) is 16.9 Å². The number of guanidine groups is 3. The third-order valence-corrected chi connectivity index (χ3v) is 22.7. The van der Waals surface area contributed by atoms with Crippen LogP contribution in [0.5, 0.6) is 5.75 Å². The predicted octanol–water partition coefficient (Wildman–Crippen LogP) is -7.79. The van der Waals surface area contributed by atoms with Crippen LogP contribution in [-0.2, 0) is 96.0 Å². The average molecular weight is 1830 g/mol. The Morgan fingerprint density at radius 2 is 1.09 bits per heavy atom. The molecule has 2 heterocycles. The number of nitrogens with one attached hydrogen (secondary N) is 21. The van der Waals surface area contributed by atoms with Gasteiger partial charge >= 0.3 is 5.97 Å². The smallest absolute Gasteiger partial charge is 0.305 e. The molecular formula is C75H117N27O19S4. The number of H-pyrrole nitrogens is 1. The number of carboxylic acids is 1. The summed E-state index contributed by atoms with van der Waals surface area (Å²) in [5.41, 5.74) is 29.6. The minimum absolute atomic E-state index is 0.00867. The number of hydrogen-bond donors (Lipinski definition) is 29. The van der Waals surface area contributed by atoms with E-state index >= 15 is 4.79 Å². The van der Waals surface area contributed by atoms with Crippen molar-refractivity contribution in [2.75, 3.05) is 74.9 Å². The highest BCUT2D eigenvalue weighted by atomic mass is 33.1. The number of nitrogens with two attached hydrogens (primary N) is 5. The number of amides is 15. The summed E-state index contributed by atoms with van der Waals surface area (Å²) in [6.45, 7) is 0.224. The van der Waals surface area contributed by atoms with E-state index in [1.54, 1.807) is 49.8 Å². The van der Waals surface area contributed by atoms with Gasteiger partial charge in [-0.1, -0.05) is 84.3 Å². The Kier molecular flexibility index (Phi) is 47.9. The van der Waals surface area contributed by atoms with Gasteiger partial charge in [-0.2, -0.15) is 23.5 Å². The lowest BCUT2D eigenvalue weighted by Crippen LogP contribution is -2.62. The Morgan fingerprint density at radius 3 is 1.66 bits per heavy atom. The molecule has 1 aliphatic rings. The number of aromatic hydroxyl groups is 1. The topological polar surface area (TPSA) is 769 Å². The van der Waals surface area contributed by atoms with E-state index in [2.05, 4.69) is 100 Å². The van der Waals surface area contributed by atoms with Crippen molar-refractivity contribution >= 4 is 158 Å². The van der Waals surface area contributed by atoms with Crippen molar-refractivity contribution in [3.8, 4) is 5.75 Å². The van der Waals surface area contributed by atoms with Crippen molar-refractivity contribution in [1.82, 2.24) is 100 Å². The second-order valence-corrected chi connectivity index (χ2v) is 33.3. The first-order valence-corrected chi connectivity index (χ1v) is 45.0. The van der Waals surface area contributed by atoms with E-state index in [0.717, 1.165) is 21.6 Å². The van der Waals surface area contributed by atoms with Gasteiger partial charge < -0.3 is 139 Å². The molecule has 0 unspecified atom stereocenters. The van der Waals surface area contributed by atoms with Crippen molar-refractivity contribution in [2.45, 2.75) is 176 Å². The second kappa shape index (κ2) is 56.8. The van der Waals surface area contributed by atoms with Gasteiger partial charge in [-0.25, -0.2) is 4.98 Å². The summed E-state index contributed by atoms with van der Waals surface area (Å²) in [6.07, 6.45) is 3.53. The van der Waals surface area contributed by atoms with Gasteiger partial charge in [0.15, 0.2) is 17.9 Å². The molecule has 1 aromatic heterocycles. The first kappa shape index (κ1) is 105. The van der Waals surface area contributed by atoms with Crippen LogP contribution in [-0.4, -0.2) is 291 Å². The van der Waals surface area contributed by atoms with Gasteiger partial charge in [0.25, 0.3) is 0 Å². The fourth-order valence-electron chi connectivity index (χ4n) is 11.9. The molecule has 0 spiro atoms. The summed E-state index contributed by atoms with van der Waals surface area (Å²) < 4.78 is 0. The summed E-state index contributed by atoms with van der Waals surface area (Å²) in [7, 11) is 1.59. The lowest BCUT2D eigenvalue weighted by molar-refractivity contribution is -0.141. The van der Waals surface area contributed by atoms with E-state index in [1.807, 2.05) is 0 Å². The maximum Gasteiger partial charge on any atom is 0.305 e. The van der Waals surface area contributed by atoms with Gasteiger partial charge in [0, 0.05) is 56.6 Å². The molecule has 1 fully saturated rings. The zero-order chi connectivity index (χ0) is 92.7. The number of aliphatic hydroxyl groups excluding tert-OH is 1. The molecule has 3 aromatic rings. The Bertz CT molecular complexity index is 4130.